The van der Waals surface area contributed by atoms with Crippen LogP contribution in [0.3, 0.4) is 0 Å². The van der Waals surface area contributed by atoms with Crippen LogP contribution in [0.25, 0.3) is 6.08 Å². The van der Waals surface area contributed by atoms with Crippen molar-refractivity contribution in [2.24, 2.45) is 0 Å². The molecule has 1 saturated heterocycles. The number of ether oxygens (including phenoxy) is 1. The standard InChI is InChI=1S/C18H22BrNO3/c1-13-6-5-7-14(2)20(13)17(21)12-23-18(22)11-10-15-8-3-4-9-16(15)19/h3-4,8-11,13-14H,5-7,12H2,1-2H3/b11-10+/t13-,14-/m0/s1. The van der Waals surface area contributed by atoms with Crippen LogP contribution in [0, 0.1) is 0 Å². The van der Waals surface area contributed by atoms with Gasteiger partial charge in [0.1, 0.15) is 0 Å². The van der Waals surface area contributed by atoms with Crippen LogP contribution >= 0.6 is 15.9 Å². The van der Waals surface area contributed by atoms with Crippen LogP contribution in [0.15, 0.2) is 34.8 Å². The van der Waals surface area contributed by atoms with Gasteiger partial charge in [0.15, 0.2) is 6.61 Å². The first kappa shape index (κ1) is 17.7. The van der Waals surface area contributed by atoms with E-state index in [1.165, 1.54) is 6.08 Å². The number of rotatable bonds is 4. The van der Waals surface area contributed by atoms with Crippen molar-refractivity contribution in [3.8, 4) is 0 Å². The highest BCUT2D eigenvalue weighted by atomic mass is 79.9. The van der Waals surface area contributed by atoms with Crippen LogP contribution in [0.4, 0.5) is 0 Å². The zero-order chi connectivity index (χ0) is 16.8. The molecule has 0 saturated carbocycles. The second kappa shape index (κ2) is 8.29. The largest absolute Gasteiger partial charge is 0.452 e. The lowest BCUT2D eigenvalue weighted by atomic mass is 9.97. The molecule has 5 heteroatoms. The molecule has 0 aliphatic carbocycles. The Morgan fingerprint density at radius 2 is 1.91 bits per heavy atom. The topological polar surface area (TPSA) is 46.6 Å². The number of piperidine rings is 1. The molecule has 0 radical (unpaired) electrons. The number of likely N-dealkylation sites (tertiary alicyclic amines) is 1. The van der Waals surface area contributed by atoms with E-state index in [4.69, 9.17) is 4.74 Å². The third kappa shape index (κ3) is 4.93. The van der Waals surface area contributed by atoms with Crippen molar-refractivity contribution >= 4 is 33.9 Å². The van der Waals surface area contributed by atoms with E-state index in [-0.39, 0.29) is 24.6 Å². The second-order valence-corrected chi connectivity index (χ2v) is 6.75. The Bertz CT molecular complexity index is 590. The van der Waals surface area contributed by atoms with Gasteiger partial charge in [-0.15, -0.1) is 0 Å². The van der Waals surface area contributed by atoms with Crippen LogP contribution < -0.4 is 0 Å². The van der Waals surface area contributed by atoms with E-state index in [9.17, 15) is 9.59 Å². The number of nitrogens with zero attached hydrogens (tertiary/aromatic N) is 1. The Kier molecular flexibility index (Phi) is 6.39. The molecule has 4 nitrogen and oxygen atoms in total. The average Bonchev–Trinajstić information content (AvgIpc) is 2.52. The molecule has 0 bridgehead atoms. The summed E-state index contributed by atoms with van der Waals surface area (Å²) in [6, 6.07) is 7.99. The summed E-state index contributed by atoms with van der Waals surface area (Å²) in [6.07, 6.45) is 6.16. The van der Waals surface area contributed by atoms with Gasteiger partial charge in [0, 0.05) is 22.6 Å². The minimum absolute atomic E-state index is 0.118. The molecule has 124 valence electrons. The number of halogens is 1. The van der Waals surface area contributed by atoms with E-state index >= 15 is 0 Å². The van der Waals surface area contributed by atoms with Gasteiger partial charge in [0.2, 0.25) is 0 Å². The Balaban J connectivity index is 1.86. The first-order valence-electron chi connectivity index (χ1n) is 7.89. The van der Waals surface area contributed by atoms with Gasteiger partial charge in [-0.05, 0) is 50.8 Å². The molecule has 1 aromatic carbocycles. The Morgan fingerprint density at radius 1 is 1.26 bits per heavy atom. The van der Waals surface area contributed by atoms with Gasteiger partial charge in [-0.1, -0.05) is 34.1 Å². The quantitative estimate of drug-likeness (QED) is 0.590. The average molecular weight is 380 g/mol. The zero-order valence-corrected chi connectivity index (χ0v) is 15.1. The van der Waals surface area contributed by atoms with Crippen LogP contribution in [-0.4, -0.2) is 35.5 Å². The molecule has 0 spiro atoms. The van der Waals surface area contributed by atoms with Crippen molar-refractivity contribution in [3.05, 3.63) is 40.4 Å². The molecule has 1 amide bonds. The molecule has 23 heavy (non-hydrogen) atoms. The highest BCUT2D eigenvalue weighted by Crippen LogP contribution is 2.22. The molecule has 0 aromatic heterocycles. The van der Waals surface area contributed by atoms with E-state index in [1.54, 1.807) is 6.08 Å². The maximum absolute atomic E-state index is 12.3. The zero-order valence-electron chi connectivity index (χ0n) is 13.5. The maximum Gasteiger partial charge on any atom is 0.331 e. The van der Waals surface area contributed by atoms with Crippen molar-refractivity contribution in [1.29, 1.82) is 0 Å². The highest BCUT2D eigenvalue weighted by molar-refractivity contribution is 9.10. The second-order valence-electron chi connectivity index (χ2n) is 5.89. The van der Waals surface area contributed by atoms with E-state index in [0.717, 1.165) is 29.3 Å². The van der Waals surface area contributed by atoms with Crippen LogP contribution in [0.1, 0.15) is 38.7 Å². The lowest BCUT2D eigenvalue weighted by Gasteiger charge is -2.38. The number of amides is 1. The third-order valence-electron chi connectivity index (χ3n) is 4.12. The predicted octanol–water partition coefficient (Wildman–Crippen LogP) is 3.80. The number of hydrogen-bond donors (Lipinski definition) is 0. The Labute approximate surface area is 145 Å². The lowest BCUT2D eigenvalue weighted by molar-refractivity contribution is -0.151. The van der Waals surface area contributed by atoms with Gasteiger partial charge in [-0.25, -0.2) is 4.79 Å². The van der Waals surface area contributed by atoms with E-state index in [0.29, 0.717) is 0 Å². The number of hydrogen-bond acceptors (Lipinski definition) is 3. The summed E-state index contributed by atoms with van der Waals surface area (Å²) in [7, 11) is 0. The fourth-order valence-electron chi connectivity index (χ4n) is 2.94. The van der Waals surface area contributed by atoms with Crippen LogP contribution in [0.5, 0.6) is 0 Å². The van der Waals surface area contributed by atoms with E-state index in [2.05, 4.69) is 15.9 Å². The summed E-state index contributed by atoms with van der Waals surface area (Å²) in [6.45, 7) is 3.89. The number of carbonyl (C=O) groups is 2. The summed E-state index contributed by atoms with van der Waals surface area (Å²) in [5, 5.41) is 0. The molecule has 1 heterocycles. The fourth-order valence-corrected chi connectivity index (χ4v) is 3.35. The van der Waals surface area contributed by atoms with Gasteiger partial charge < -0.3 is 9.64 Å². The Morgan fingerprint density at radius 3 is 2.57 bits per heavy atom. The highest BCUT2D eigenvalue weighted by Gasteiger charge is 2.29. The summed E-state index contributed by atoms with van der Waals surface area (Å²) < 4.78 is 5.98. The predicted molar refractivity (Wildman–Crippen MR) is 93.8 cm³/mol. The van der Waals surface area contributed by atoms with Crippen LogP contribution in [-0.2, 0) is 14.3 Å². The minimum atomic E-state index is -0.508. The molecular weight excluding hydrogens is 358 g/mol. The summed E-state index contributed by atoms with van der Waals surface area (Å²) >= 11 is 3.41. The van der Waals surface area contributed by atoms with E-state index in [1.807, 2.05) is 43.0 Å². The molecular formula is C18H22BrNO3. The lowest BCUT2D eigenvalue weighted by Crippen LogP contribution is -2.49. The van der Waals surface area contributed by atoms with Crippen molar-refractivity contribution < 1.29 is 14.3 Å². The summed E-state index contributed by atoms with van der Waals surface area (Å²) in [4.78, 5) is 25.9. The molecule has 0 N–H and O–H groups in total. The van der Waals surface area contributed by atoms with Crippen LogP contribution in [0.2, 0.25) is 0 Å². The van der Waals surface area contributed by atoms with Gasteiger partial charge in [0.25, 0.3) is 5.91 Å². The third-order valence-corrected chi connectivity index (χ3v) is 4.85. The smallest absolute Gasteiger partial charge is 0.331 e. The van der Waals surface area contributed by atoms with E-state index < -0.39 is 5.97 Å². The van der Waals surface area contributed by atoms with Gasteiger partial charge >= 0.3 is 5.97 Å². The molecule has 1 aromatic rings. The number of carbonyl (C=O) groups excluding carboxylic acids is 2. The monoisotopic (exact) mass is 379 g/mol. The first-order chi connectivity index (χ1) is 11.0. The van der Waals surface area contributed by atoms with Crippen molar-refractivity contribution in [2.75, 3.05) is 6.61 Å². The molecule has 1 aliphatic rings. The molecule has 1 fully saturated rings. The van der Waals surface area contributed by atoms with Gasteiger partial charge in [-0.2, -0.15) is 0 Å². The molecule has 2 rings (SSSR count). The minimum Gasteiger partial charge on any atom is -0.452 e. The van der Waals surface area contributed by atoms with Crippen molar-refractivity contribution in [3.63, 3.8) is 0 Å². The van der Waals surface area contributed by atoms with Crippen molar-refractivity contribution in [2.45, 2.75) is 45.2 Å². The molecule has 0 unspecified atom stereocenters. The fraction of sp³-hybridized carbons (Fsp3) is 0.444. The summed E-state index contributed by atoms with van der Waals surface area (Å²) in [5.41, 5.74) is 0.883. The SMILES string of the molecule is C[C@H]1CCC[C@H](C)N1C(=O)COC(=O)/C=C/c1ccccc1Br. The normalized spacial score (nSPS) is 21.4. The summed E-state index contributed by atoms with van der Waals surface area (Å²) in [5.74, 6) is -0.626. The molecule has 1 aliphatic heterocycles. The number of benzene rings is 1. The number of esters is 1. The maximum atomic E-state index is 12.3. The van der Waals surface area contributed by atoms with Gasteiger partial charge in [0.05, 0.1) is 0 Å². The van der Waals surface area contributed by atoms with Crippen molar-refractivity contribution in [1.82, 2.24) is 4.90 Å². The van der Waals surface area contributed by atoms with Gasteiger partial charge in [-0.3, -0.25) is 4.79 Å². The molecule has 2 atom stereocenters. The Hall–Kier alpha value is -1.62. The first-order valence-corrected chi connectivity index (χ1v) is 8.69.